The van der Waals surface area contributed by atoms with Gasteiger partial charge in [0, 0.05) is 24.4 Å². The summed E-state index contributed by atoms with van der Waals surface area (Å²) in [5, 5.41) is 3.99. The average molecular weight is 352 g/mol. The van der Waals surface area contributed by atoms with Crippen molar-refractivity contribution in [3.8, 4) is 0 Å². The fourth-order valence-electron chi connectivity index (χ4n) is 3.76. The number of carbonyl (C=O) groups excluding carboxylic acids is 1. The normalized spacial score (nSPS) is 23.2. The van der Waals surface area contributed by atoms with Gasteiger partial charge in [-0.2, -0.15) is 11.8 Å². The molecule has 0 spiro atoms. The molecule has 2 aliphatic rings. The lowest BCUT2D eigenvalue weighted by Gasteiger charge is -2.35. The van der Waals surface area contributed by atoms with Crippen molar-refractivity contribution in [1.82, 2.24) is 15.0 Å². The first-order valence-corrected chi connectivity index (χ1v) is 10.3. The van der Waals surface area contributed by atoms with Gasteiger partial charge in [-0.1, -0.05) is 11.6 Å². The van der Waals surface area contributed by atoms with Crippen LogP contribution in [0.5, 0.6) is 0 Å². The first-order valence-electron chi connectivity index (χ1n) is 9.16. The van der Waals surface area contributed by atoms with Gasteiger partial charge in [0.05, 0.1) is 18.2 Å². The Balaban J connectivity index is 1.67. The maximum absolute atomic E-state index is 13.0. The van der Waals surface area contributed by atoms with Gasteiger partial charge in [0.2, 0.25) is 5.91 Å². The summed E-state index contributed by atoms with van der Waals surface area (Å²) in [6, 6.07) is 0.337. The minimum atomic E-state index is 0.230. The van der Waals surface area contributed by atoms with Crippen molar-refractivity contribution >= 4 is 17.7 Å². The van der Waals surface area contributed by atoms with Gasteiger partial charge >= 0.3 is 0 Å². The second-order valence-electron chi connectivity index (χ2n) is 7.01. The summed E-state index contributed by atoms with van der Waals surface area (Å²) in [5.41, 5.74) is 1.81. The van der Waals surface area contributed by atoms with Crippen molar-refractivity contribution in [2.75, 3.05) is 37.7 Å². The van der Waals surface area contributed by atoms with Crippen molar-refractivity contribution in [2.24, 2.45) is 0 Å². The Labute approximate surface area is 149 Å². The summed E-state index contributed by atoms with van der Waals surface area (Å²) in [4.78, 5) is 17.7. The fraction of sp³-hybridized carbons (Fsp3) is 0.778. The van der Waals surface area contributed by atoms with Gasteiger partial charge in [-0.3, -0.25) is 4.79 Å². The predicted octanol–water partition coefficient (Wildman–Crippen LogP) is 2.65. The maximum Gasteiger partial charge on any atom is 0.227 e. The SMILES string of the molecule is Cc1noc(C)c1CC(=O)N1CCCSCC1CN1CCCCC1. The van der Waals surface area contributed by atoms with E-state index in [1.54, 1.807) is 0 Å². The highest BCUT2D eigenvalue weighted by molar-refractivity contribution is 7.99. The number of likely N-dealkylation sites (tertiary alicyclic amines) is 1. The number of aryl methyl sites for hydroxylation is 2. The summed E-state index contributed by atoms with van der Waals surface area (Å²) in [7, 11) is 0. The van der Waals surface area contributed by atoms with Crippen LogP contribution in [0.4, 0.5) is 0 Å². The maximum atomic E-state index is 13.0. The largest absolute Gasteiger partial charge is 0.361 e. The van der Waals surface area contributed by atoms with Crippen molar-refractivity contribution in [2.45, 2.75) is 52.0 Å². The van der Waals surface area contributed by atoms with Crippen molar-refractivity contribution < 1.29 is 9.32 Å². The zero-order valence-electron chi connectivity index (χ0n) is 14.9. The lowest BCUT2D eigenvalue weighted by Crippen LogP contribution is -2.49. The number of carbonyl (C=O) groups is 1. The van der Waals surface area contributed by atoms with Crippen LogP contribution in [0.3, 0.4) is 0 Å². The van der Waals surface area contributed by atoms with Crippen LogP contribution in [0.15, 0.2) is 4.52 Å². The Bertz CT molecular complexity index is 535. The standard InChI is InChI=1S/C18H29N3O2S/c1-14-17(15(2)23-19-14)11-18(22)21-9-6-10-24-13-16(21)12-20-7-4-3-5-8-20/h16H,3-13H2,1-2H3. The van der Waals surface area contributed by atoms with Crippen LogP contribution in [0.1, 0.15) is 42.7 Å². The number of piperidine rings is 1. The number of rotatable bonds is 4. The van der Waals surface area contributed by atoms with Crippen LogP contribution in [-0.2, 0) is 11.2 Å². The summed E-state index contributed by atoms with van der Waals surface area (Å²) in [6.45, 7) is 8.10. The monoisotopic (exact) mass is 351 g/mol. The second-order valence-corrected chi connectivity index (χ2v) is 8.16. The molecule has 2 fully saturated rings. The Morgan fingerprint density at radius 2 is 2.00 bits per heavy atom. The number of thioether (sulfide) groups is 1. The molecule has 0 saturated carbocycles. The third-order valence-corrected chi connectivity index (χ3v) is 6.38. The minimum absolute atomic E-state index is 0.230. The number of hydrogen-bond acceptors (Lipinski definition) is 5. The molecular formula is C18H29N3O2S. The van der Waals surface area contributed by atoms with E-state index in [4.69, 9.17) is 4.52 Å². The van der Waals surface area contributed by atoms with Crippen LogP contribution < -0.4 is 0 Å². The van der Waals surface area contributed by atoms with Crippen LogP contribution in [0.25, 0.3) is 0 Å². The highest BCUT2D eigenvalue weighted by Crippen LogP contribution is 2.21. The van der Waals surface area contributed by atoms with Crippen LogP contribution in [-0.4, -0.2) is 64.6 Å². The Morgan fingerprint density at radius 3 is 2.71 bits per heavy atom. The zero-order chi connectivity index (χ0) is 16.9. The molecule has 1 aromatic rings. The molecular weight excluding hydrogens is 322 g/mol. The van der Waals surface area contributed by atoms with E-state index in [1.807, 2.05) is 25.6 Å². The van der Waals surface area contributed by atoms with Gasteiger partial charge in [-0.25, -0.2) is 0 Å². The Hall–Kier alpha value is -1.01. The lowest BCUT2D eigenvalue weighted by atomic mass is 10.1. The molecule has 0 radical (unpaired) electrons. The van der Waals surface area contributed by atoms with Gasteiger partial charge in [-0.15, -0.1) is 0 Å². The van der Waals surface area contributed by atoms with Crippen molar-refractivity contribution in [3.05, 3.63) is 17.0 Å². The van der Waals surface area contributed by atoms with Gasteiger partial charge in [-0.05, 0) is 52.0 Å². The molecule has 1 amide bonds. The molecule has 2 saturated heterocycles. The van der Waals surface area contributed by atoms with E-state index in [-0.39, 0.29) is 5.91 Å². The van der Waals surface area contributed by atoms with E-state index in [1.165, 1.54) is 32.4 Å². The Morgan fingerprint density at radius 1 is 1.21 bits per heavy atom. The van der Waals surface area contributed by atoms with E-state index in [2.05, 4.69) is 15.0 Å². The Kier molecular flexibility index (Phi) is 6.22. The van der Waals surface area contributed by atoms with Crippen molar-refractivity contribution in [3.63, 3.8) is 0 Å². The molecule has 134 valence electrons. The molecule has 3 rings (SSSR count). The van der Waals surface area contributed by atoms with E-state index in [0.29, 0.717) is 12.5 Å². The fourth-order valence-corrected chi connectivity index (χ4v) is 4.81. The van der Waals surface area contributed by atoms with Gasteiger partial charge < -0.3 is 14.3 Å². The quantitative estimate of drug-likeness (QED) is 0.835. The highest BCUT2D eigenvalue weighted by Gasteiger charge is 2.29. The minimum Gasteiger partial charge on any atom is -0.361 e. The third-order valence-electron chi connectivity index (χ3n) is 5.19. The molecule has 1 unspecified atom stereocenters. The van der Waals surface area contributed by atoms with Gasteiger partial charge in [0.25, 0.3) is 0 Å². The molecule has 5 nitrogen and oxygen atoms in total. The molecule has 0 N–H and O–H groups in total. The lowest BCUT2D eigenvalue weighted by molar-refractivity contribution is -0.132. The van der Waals surface area contributed by atoms with E-state index in [0.717, 1.165) is 48.0 Å². The van der Waals surface area contributed by atoms with Crippen LogP contribution in [0.2, 0.25) is 0 Å². The average Bonchev–Trinajstić information content (AvgIpc) is 2.79. The number of aromatic nitrogens is 1. The molecule has 6 heteroatoms. The molecule has 3 heterocycles. The van der Waals surface area contributed by atoms with Crippen LogP contribution >= 0.6 is 11.8 Å². The zero-order valence-corrected chi connectivity index (χ0v) is 15.7. The predicted molar refractivity (Wildman–Crippen MR) is 97.4 cm³/mol. The number of amides is 1. The van der Waals surface area contributed by atoms with Gasteiger partial charge in [0.15, 0.2) is 0 Å². The van der Waals surface area contributed by atoms with E-state index < -0.39 is 0 Å². The molecule has 2 aliphatic heterocycles. The molecule has 0 aliphatic carbocycles. The van der Waals surface area contributed by atoms with E-state index in [9.17, 15) is 4.79 Å². The molecule has 1 aromatic heterocycles. The summed E-state index contributed by atoms with van der Waals surface area (Å²) in [5.74, 6) is 3.22. The summed E-state index contributed by atoms with van der Waals surface area (Å²) < 4.78 is 5.22. The molecule has 1 atom stereocenters. The smallest absolute Gasteiger partial charge is 0.227 e. The highest BCUT2D eigenvalue weighted by atomic mass is 32.2. The molecule has 0 aromatic carbocycles. The van der Waals surface area contributed by atoms with Gasteiger partial charge in [0.1, 0.15) is 5.76 Å². The second kappa shape index (κ2) is 8.39. The topological polar surface area (TPSA) is 49.6 Å². The molecule has 0 bridgehead atoms. The van der Waals surface area contributed by atoms with Crippen molar-refractivity contribution in [1.29, 1.82) is 0 Å². The summed E-state index contributed by atoms with van der Waals surface area (Å²) >= 11 is 2.00. The third kappa shape index (κ3) is 4.33. The van der Waals surface area contributed by atoms with E-state index >= 15 is 0 Å². The number of nitrogens with zero attached hydrogens (tertiary/aromatic N) is 3. The first kappa shape index (κ1) is 17.8. The van der Waals surface area contributed by atoms with Crippen LogP contribution in [0, 0.1) is 13.8 Å². The summed E-state index contributed by atoms with van der Waals surface area (Å²) in [6.07, 6.45) is 5.46. The molecule has 24 heavy (non-hydrogen) atoms. The first-order chi connectivity index (χ1) is 11.6. The number of hydrogen-bond donors (Lipinski definition) is 0.